The molecule has 1 aromatic heterocycles. The Morgan fingerprint density at radius 3 is 2.25 bits per heavy atom. The van der Waals surface area contributed by atoms with Crippen LogP contribution in [0.3, 0.4) is 0 Å². The maximum absolute atomic E-state index is 6.21. The Hall–Kier alpha value is -1.77. The van der Waals surface area contributed by atoms with Gasteiger partial charge >= 0.3 is 0 Å². The standard InChI is InChI=1S/C17H25N3/c1-12(2)10-20-11-19-15(16(20)18)13-6-8-14(9-7-13)17(3,4)5/h6-9,11-12H,10,18H2,1-5H3. The van der Waals surface area contributed by atoms with E-state index in [1.54, 1.807) is 0 Å². The summed E-state index contributed by atoms with van der Waals surface area (Å²) in [5.41, 5.74) is 9.66. The summed E-state index contributed by atoms with van der Waals surface area (Å²) >= 11 is 0. The summed E-state index contributed by atoms with van der Waals surface area (Å²) in [6.45, 7) is 11.9. The Bertz CT molecular complexity index is 571. The molecule has 1 heterocycles. The second-order valence-corrected chi connectivity index (χ2v) is 6.85. The number of rotatable bonds is 3. The van der Waals surface area contributed by atoms with E-state index in [0.717, 1.165) is 23.6 Å². The van der Waals surface area contributed by atoms with Gasteiger partial charge in [0.1, 0.15) is 11.5 Å². The van der Waals surface area contributed by atoms with Gasteiger partial charge in [0, 0.05) is 12.1 Å². The molecule has 0 fully saturated rings. The van der Waals surface area contributed by atoms with Crippen molar-refractivity contribution < 1.29 is 0 Å². The summed E-state index contributed by atoms with van der Waals surface area (Å²) in [7, 11) is 0. The van der Waals surface area contributed by atoms with Crippen LogP contribution in [0.2, 0.25) is 0 Å². The van der Waals surface area contributed by atoms with Gasteiger partial charge < -0.3 is 10.3 Å². The van der Waals surface area contributed by atoms with E-state index in [1.807, 2.05) is 10.9 Å². The average Bonchev–Trinajstić information content (AvgIpc) is 2.69. The quantitative estimate of drug-likeness (QED) is 0.914. The normalized spacial score (nSPS) is 12.1. The minimum atomic E-state index is 0.168. The van der Waals surface area contributed by atoms with E-state index in [1.165, 1.54) is 5.56 Å². The van der Waals surface area contributed by atoms with Crippen LogP contribution < -0.4 is 5.73 Å². The van der Waals surface area contributed by atoms with Crippen molar-refractivity contribution in [1.29, 1.82) is 0 Å². The molecule has 20 heavy (non-hydrogen) atoms. The van der Waals surface area contributed by atoms with Gasteiger partial charge in [-0.3, -0.25) is 0 Å². The first kappa shape index (κ1) is 14.6. The van der Waals surface area contributed by atoms with E-state index in [0.29, 0.717) is 5.92 Å². The van der Waals surface area contributed by atoms with Crippen LogP contribution in [0.4, 0.5) is 5.82 Å². The van der Waals surface area contributed by atoms with Gasteiger partial charge in [-0.2, -0.15) is 0 Å². The van der Waals surface area contributed by atoms with Gasteiger partial charge in [0.05, 0.1) is 6.33 Å². The number of nitrogens with zero attached hydrogens (tertiary/aromatic N) is 2. The molecule has 0 bridgehead atoms. The van der Waals surface area contributed by atoms with Crippen molar-refractivity contribution in [3.8, 4) is 11.3 Å². The topological polar surface area (TPSA) is 43.8 Å². The predicted octanol–water partition coefficient (Wildman–Crippen LogP) is 4.09. The largest absolute Gasteiger partial charge is 0.383 e. The van der Waals surface area contributed by atoms with E-state index >= 15 is 0 Å². The van der Waals surface area contributed by atoms with Crippen molar-refractivity contribution in [1.82, 2.24) is 9.55 Å². The number of hydrogen-bond acceptors (Lipinski definition) is 2. The summed E-state index contributed by atoms with van der Waals surface area (Å²) in [6.07, 6.45) is 1.84. The lowest BCUT2D eigenvalue weighted by Gasteiger charge is -2.19. The average molecular weight is 271 g/mol. The van der Waals surface area contributed by atoms with E-state index < -0.39 is 0 Å². The van der Waals surface area contributed by atoms with E-state index in [-0.39, 0.29) is 5.41 Å². The van der Waals surface area contributed by atoms with Crippen molar-refractivity contribution in [2.45, 2.75) is 46.6 Å². The molecule has 3 nitrogen and oxygen atoms in total. The van der Waals surface area contributed by atoms with Crippen LogP contribution in [-0.2, 0) is 12.0 Å². The molecule has 0 unspecified atom stereocenters. The lowest BCUT2D eigenvalue weighted by atomic mass is 9.86. The SMILES string of the molecule is CC(C)Cn1cnc(-c2ccc(C(C)(C)C)cc2)c1N. The lowest BCUT2D eigenvalue weighted by Crippen LogP contribution is -2.10. The molecular weight excluding hydrogens is 246 g/mol. The second-order valence-electron chi connectivity index (χ2n) is 6.85. The molecule has 0 spiro atoms. The molecule has 2 N–H and O–H groups in total. The van der Waals surface area contributed by atoms with Crippen molar-refractivity contribution in [3.63, 3.8) is 0 Å². The number of nitrogens with two attached hydrogens (primary N) is 1. The summed E-state index contributed by atoms with van der Waals surface area (Å²) in [5, 5.41) is 0. The zero-order chi connectivity index (χ0) is 14.9. The maximum Gasteiger partial charge on any atom is 0.131 e. The fourth-order valence-electron chi connectivity index (χ4n) is 2.28. The molecular formula is C17H25N3. The van der Waals surface area contributed by atoms with Gasteiger partial charge in [-0.1, -0.05) is 58.9 Å². The van der Waals surface area contributed by atoms with Crippen LogP contribution >= 0.6 is 0 Å². The summed E-state index contributed by atoms with van der Waals surface area (Å²) in [6, 6.07) is 8.55. The monoisotopic (exact) mass is 271 g/mol. The second kappa shape index (κ2) is 5.31. The Morgan fingerprint density at radius 2 is 1.75 bits per heavy atom. The van der Waals surface area contributed by atoms with Crippen molar-refractivity contribution in [2.24, 2.45) is 5.92 Å². The molecule has 0 saturated carbocycles. The van der Waals surface area contributed by atoms with Gasteiger partial charge in [0.2, 0.25) is 0 Å². The van der Waals surface area contributed by atoms with Crippen molar-refractivity contribution >= 4 is 5.82 Å². The Labute approximate surface area is 121 Å². The minimum absolute atomic E-state index is 0.168. The third-order valence-corrected chi connectivity index (χ3v) is 3.46. The highest BCUT2D eigenvalue weighted by Crippen LogP contribution is 2.28. The molecule has 1 aromatic carbocycles. The third-order valence-electron chi connectivity index (χ3n) is 3.46. The first-order valence-electron chi connectivity index (χ1n) is 7.20. The first-order chi connectivity index (χ1) is 9.29. The van der Waals surface area contributed by atoms with Gasteiger partial charge in [0.25, 0.3) is 0 Å². The molecule has 0 atom stereocenters. The highest BCUT2D eigenvalue weighted by atomic mass is 15.1. The molecule has 0 aliphatic carbocycles. The molecule has 2 rings (SSSR count). The fraction of sp³-hybridized carbons (Fsp3) is 0.471. The van der Waals surface area contributed by atoms with Gasteiger partial charge in [0.15, 0.2) is 0 Å². The van der Waals surface area contributed by atoms with E-state index in [4.69, 9.17) is 5.73 Å². The molecule has 108 valence electrons. The van der Waals surface area contributed by atoms with E-state index in [2.05, 4.69) is 63.9 Å². The lowest BCUT2D eigenvalue weighted by molar-refractivity contribution is 0.527. The van der Waals surface area contributed by atoms with E-state index in [9.17, 15) is 0 Å². The predicted molar refractivity (Wildman–Crippen MR) is 85.6 cm³/mol. The molecule has 0 aliphatic rings. The molecule has 2 aromatic rings. The smallest absolute Gasteiger partial charge is 0.131 e. The number of nitrogen functional groups attached to an aromatic ring is 1. The van der Waals surface area contributed by atoms with Gasteiger partial charge in [-0.15, -0.1) is 0 Å². The number of imidazole rings is 1. The summed E-state index contributed by atoms with van der Waals surface area (Å²) < 4.78 is 2.03. The molecule has 0 saturated heterocycles. The molecule has 0 amide bonds. The van der Waals surface area contributed by atoms with Crippen LogP contribution in [0.1, 0.15) is 40.2 Å². The third kappa shape index (κ3) is 3.03. The van der Waals surface area contributed by atoms with Crippen LogP contribution in [0.25, 0.3) is 11.3 Å². The maximum atomic E-state index is 6.21. The Balaban J connectivity index is 2.31. The van der Waals surface area contributed by atoms with Crippen LogP contribution in [0.15, 0.2) is 30.6 Å². The number of anilines is 1. The van der Waals surface area contributed by atoms with Gasteiger partial charge in [-0.05, 0) is 16.9 Å². The van der Waals surface area contributed by atoms with Crippen LogP contribution in [0, 0.1) is 5.92 Å². The van der Waals surface area contributed by atoms with Gasteiger partial charge in [-0.25, -0.2) is 4.98 Å². The zero-order valence-corrected chi connectivity index (χ0v) is 13.1. The van der Waals surface area contributed by atoms with Crippen molar-refractivity contribution in [3.05, 3.63) is 36.2 Å². The highest BCUT2D eigenvalue weighted by Gasteiger charge is 2.15. The summed E-state index contributed by atoms with van der Waals surface area (Å²) in [4.78, 5) is 4.47. The molecule has 3 heteroatoms. The number of aromatic nitrogens is 2. The minimum Gasteiger partial charge on any atom is -0.383 e. The molecule has 0 radical (unpaired) electrons. The Morgan fingerprint density at radius 1 is 1.15 bits per heavy atom. The number of benzene rings is 1. The summed E-state index contributed by atoms with van der Waals surface area (Å²) in [5.74, 6) is 1.31. The van der Waals surface area contributed by atoms with Crippen LogP contribution in [-0.4, -0.2) is 9.55 Å². The van der Waals surface area contributed by atoms with Crippen LogP contribution in [0.5, 0.6) is 0 Å². The Kier molecular flexibility index (Phi) is 3.89. The first-order valence-corrected chi connectivity index (χ1v) is 7.20. The van der Waals surface area contributed by atoms with Crippen molar-refractivity contribution in [2.75, 3.05) is 5.73 Å². The molecule has 0 aliphatic heterocycles. The fourth-order valence-corrected chi connectivity index (χ4v) is 2.28. The highest BCUT2D eigenvalue weighted by molar-refractivity contribution is 5.70. The number of hydrogen-bond donors (Lipinski definition) is 1. The zero-order valence-electron chi connectivity index (χ0n) is 13.1.